The van der Waals surface area contributed by atoms with Crippen molar-refractivity contribution in [3.05, 3.63) is 34.1 Å². The first-order valence-electron chi connectivity index (χ1n) is 6.86. The second-order valence-corrected chi connectivity index (χ2v) is 6.17. The van der Waals surface area contributed by atoms with E-state index in [1.54, 1.807) is 6.07 Å². The number of hydrogen-bond donors (Lipinski definition) is 1. The molecule has 2 rings (SSSR count). The maximum atomic E-state index is 13.6. The lowest BCUT2D eigenvalue weighted by atomic mass is 9.84. The smallest absolute Gasteiger partial charge is 0.127 e. The Balaban J connectivity index is 1.89. The Morgan fingerprint density at radius 2 is 2.22 bits per heavy atom. The van der Waals surface area contributed by atoms with Crippen molar-refractivity contribution in [2.24, 2.45) is 5.92 Å². The van der Waals surface area contributed by atoms with E-state index in [1.807, 2.05) is 6.07 Å². The molecule has 1 aliphatic carbocycles. The molecule has 1 aromatic carbocycles. The minimum absolute atomic E-state index is 0.117. The number of rotatable bonds is 4. The first kappa shape index (κ1) is 14.0. The van der Waals surface area contributed by atoms with E-state index in [-0.39, 0.29) is 5.82 Å². The number of halogens is 2. The summed E-state index contributed by atoms with van der Waals surface area (Å²) in [7, 11) is 0. The molecule has 1 saturated carbocycles. The average Bonchev–Trinajstić information content (AvgIpc) is 2.40. The normalized spacial score (nSPS) is 24.2. The van der Waals surface area contributed by atoms with Gasteiger partial charge in [0.1, 0.15) is 5.82 Å². The molecule has 2 atom stereocenters. The quantitative estimate of drug-likeness (QED) is 0.853. The van der Waals surface area contributed by atoms with Gasteiger partial charge in [-0.2, -0.15) is 0 Å². The summed E-state index contributed by atoms with van der Waals surface area (Å²) in [6, 6.07) is 5.69. The number of hydrogen-bond acceptors (Lipinski definition) is 1. The van der Waals surface area contributed by atoms with Gasteiger partial charge >= 0.3 is 0 Å². The van der Waals surface area contributed by atoms with Crippen LogP contribution in [0.4, 0.5) is 4.39 Å². The molecule has 2 unspecified atom stereocenters. The highest BCUT2D eigenvalue weighted by Gasteiger charge is 2.20. The fraction of sp³-hybridized carbons (Fsp3) is 0.600. The molecule has 1 aromatic rings. The van der Waals surface area contributed by atoms with E-state index in [0.29, 0.717) is 12.6 Å². The van der Waals surface area contributed by atoms with Gasteiger partial charge in [-0.05, 0) is 37.0 Å². The van der Waals surface area contributed by atoms with Crippen LogP contribution < -0.4 is 5.32 Å². The van der Waals surface area contributed by atoms with Crippen molar-refractivity contribution in [3.8, 4) is 0 Å². The van der Waals surface area contributed by atoms with Crippen LogP contribution >= 0.6 is 15.9 Å². The molecule has 0 saturated heterocycles. The van der Waals surface area contributed by atoms with E-state index in [2.05, 4.69) is 28.2 Å². The first-order chi connectivity index (χ1) is 8.69. The molecule has 100 valence electrons. The highest BCUT2D eigenvalue weighted by atomic mass is 79.9. The van der Waals surface area contributed by atoms with E-state index in [4.69, 9.17) is 0 Å². The van der Waals surface area contributed by atoms with Crippen LogP contribution in [0.3, 0.4) is 0 Å². The molecule has 0 spiro atoms. The van der Waals surface area contributed by atoms with E-state index in [0.717, 1.165) is 16.0 Å². The van der Waals surface area contributed by atoms with Crippen LogP contribution in [0.2, 0.25) is 0 Å². The zero-order valence-corrected chi connectivity index (χ0v) is 12.5. The van der Waals surface area contributed by atoms with E-state index >= 15 is 0 Å². The van der Waals surface area contributed by atoms with Crippen LogP contribution in [0.5, 0.6) is 0 Å². The van der Waals surface area contributed by atoms with Gasteiger partial charge in [0.25, 0.3) is 0 Å². The Morgan fingerprint density at radius 3 is 3.00 bits per heavy atom. The molecule has 0 aromatic heterocycles. The lowest BCUT2D eigenvalue weighted by Gasteiger charge is -2.29. The van der Waals surface area contributed by atoms with Crippen LogP contribution in [0.15, 0.2) is 22.7 Å². The lowest BCUT2D eigenvalue weighted by Crippen LogP contribution is -2.33. The second-order valence-electron chi connectivity index (χ2n) is 5.25. The summed E-state index contributed by atoms with van der Waals surface area (Å²) in [4.78, 5) is 0. The molecule has 3 heteroatoms. The summed E-state index contributed by atoms with van der Waals surface area (Å²) in [5, 5.41) is 3.51. The zero-order chi connectivity index (χ0) is 13.0. The third kappa shape index (κ3) is 3.79. The molecule has 0 bridgehead atoms. The zero-order valence-electron chi connectivity index (χ0n) is 10.9. The molecule has 0 aliphatic heterocycles. The van der Waals surface area contributed by atoms with Crippen molar-refractivity contribution in [1.82, 2.24) is 5.32 Å². The summed E-state index contributed by atoms with van der Waals surface area (Å²) >= 11 is 3.39. The third-order valence-corrected chi connectivity index (χ3v) is 4.44. The molecule has 0 heterocycles. The Morgan fingerprint density at radius 1 is 1.39 bits per heavy atom. The SMILES string of the molecule is CCC1CCCC(NCc2cc(Br)ccc2F)C1. The lowest BCUT2D eigenvalue weighted by molar-refractivity contribution is 0.277. The van der Waals surface area contributed by atoms with Crippen LogP contribution in [0.25, 0.3) is 0 Å². The maximum Gasteiger partial charge on any atom is 0.127 e. The standard InChI is InChI=1S/C15H21BrFN/c1-2-11-4-3-5-14(8-11)18-10-12-9-13(16)6-7-15(12)17/h6-7,9,11,14,18H,2-5,8,10H2,1H3. The van der Waals surface area contributed by atoms with Crippen molar-refractivity contribution in [2.45, 2.75) is 51.6 Å². The average molecular weight is 314 g/mol. The third-order valence-electron chi connectivity index (χ3n) is 3.95. The highest BCUT2D eigenvalue weighted by Crippen LogP contribution is 2.27. The second kappa shape index (κ2) is 6.67. The molecule has 1 fully saturated rings. The summed E-state index contributed by atoms with van der Waals surface area (Å²) in [6.45, 7) is 2.90. The van der Waals surface area contributed by atoms with Gasteiger partial charge in [-0.1, -0.05) is 42.1 Å². The number of benzene rings is 1. The van der Waals surface area contributed by atoms with Crippen LogP contribution in [-0.4, -0.2) is 6.04 Å². The number of nitrogens with one attached hydrogen (secondary N) is 1. The minimum Gasteiger partial charge on any atom is -0.310 e. The maximum absolute atomic E-state index is 13.6. The van der Waals surface area contributed by atoms with Gasteiger partial charge < -0.3 is 5.32 Å². The van der Waals surface area contributed by atoms with Crippen molar-refractivity contribution >= 4 is 15.9 Å². The first-order valence-corrected chi connectivity index (χ1v) is 7.65. The van der Waals surface area contributed by atoms with Crippen LogP contribution in [-0.2, 0) is 6.54 Å². The van der Waals surface area contributed by atoms with Crippen molar-refractivity contribution < 1.29 is 4.39 Å². The Bertz CT molecular complexity index is 394. The molecule has 1 N–H and O–H groups in total. The van der Waals surface area contributed by atoms with Gasteiger partial charge in [-0.25, -0.2) is 4.39 Å². The van der Waals surface area contributed by atoms with Gasteiger partial charge in [-0.15, -0.1) is 0 Å². The predicted octanol–water partition coefficient (Wildman–Crippen LogP) is 4.65. The molecule has 0 radical (unpaired) electrons. The summed E-state index contributed by atoms with van der Waals surface area (Å²) in [5.41, 5.74) is 0.753. The van der Waals surface area contributed by atoms with Gasteiger partial charge in [0.2, 0.25) is 0 Å². The van der Waals surface area contributed by atoms with Crippen LogP contribution in [0.1, 0.15) is 44.6 Å². The van der Waals surface area contributed by atoms with Gasteiger partial charge in [0.15, 0.2) is 0 Å². The summed E-state index contributed by atoms with van der Waals surface area (Å²) in [5.74, 6) is 0.733. The summed E-state index contributed by atoms with van der Waals surface area (Å²) in [6.07, 6.45) is 6.40. The Labute approximate surface area is 117 Å². The molecule has 1 aliphatic rings. The van der Waals surface area contributed by atoms with Crippen molar-refractivity contribution in [3.63, 3.8) is 0 Å². The molecular weight excluding hydrogens is 293 g/mol. The topological polar surface area (TPSA) is 12.0 Å². The Hall–Kier alpha value is -0.410. The molecular formula is C15H21BrFN. The van der Waals surface area contributed by atoms with Gasteiger partial charge in [0.05, 0.1) is 0 Å². The van der Waals surface area contributed by atoms with Gasteiger partial charge in [-0.3, -0.25) is 0 Å². The molecule has 0 amide bonds. The van der Waals surface area contributed by atoms with Crippen LogP contribution in [0, 0.1) is 11.7 Å². The molecule has 1 nitrogen and oxygen atoms in total. The van der Waals surface area contributed by atoms with Gasteiger partial charge in [0, 0.05) is 22.6 Å². The minimum atomic E-state index is -0.117. The largest absolute Gasteiger partial charge is 0.310 e. The van der Waals surface area contributed by atoms with Crippen molar-refractivity contribution in [1.29, 1.82) is 0 Å². The van der Waals surface area contributed by atoms with E-state index < -0.39 is 0 Å². The predicted molar refractivity (Wildman–Crippen MR) is 77.0 cm³/mol. The van der Waals surface area contributed by atoms with Crippen molar-refractivity contribution in [2.75, 3.05) is 0 Å². The monoisotopic (exact) mass is 313 g/mol. The van der Waals surface area contributed by atoms with E-state index in [1.165, 1.54) is 38.2 Å². The highest BCUT2D eigenvalue weighted by molar-refractivity contribution is 9.10. The van der Waals surface area contributed by atoms with E-state index in [9.17, 15) is 4.39 Å². The fourth-order valence-corrected chi connectivity index (χ4v) is 3.19. The Kier molecular flexibility index (Phi) is 5.19. The fourth-order valence-electron chi connectivity index (χ4n) is 2.78. The molecule has 18 heavy (non-hydrogen) atoms. The summed E-state index contributed by atoms with van der Waals surface area (Å²) < 4.78 is 14.5.